The second kappa shape index (κ2) is 10.6. The first-order valence-corrected chi connectivity index (χ1v) is 10.0. The lowest BCUT2D eigenvalue weighted by Crippen LogP contribution is -2.20. The molecule has 0 bridgehead atoms. The lowest BCUT2D eigenvalue weighted by molar-refractivity contribution is -0.136. The van der Waals surface area contributed by atoms with E-state index in [9.17, 15) is 27.2 Å². The van der Waals surface area contributed by atoms with Gasteiger partial charge in [0.25, 0.3) is 5.91 Å². The van der Waals surface area contributed by atoms with Gasteiger partial charge in [0.15, 0.2) is 0 Å². The number of carbonyl (C=O) groups excluding carboxylic acids is 2. The van der Waals surface area contributed by atoms with Gasteiger partial charge in [0, 0.05) is 12.3 Å². The molecule has 0 radical (unpaired) electrons. The average Bonchev–Trinajstić information content (AvgIpc) is 3.25. The highest BCUT2D eigenvalue weighted by Crippen LogP contribution is 2.36. The molecule has 2 N–H and O–H groups in total. The fraction of sp³-hybridized carbons (Fsp3) is 0.364. The largest absolute Gasteiger partial charge is 0.418 e. The van der Waals surface area contributed by atoms with Crippen LogP contribution < -0.4 is 10.6 Å². The number of alkyl halides is 3. The van der Waals surface area contributed by atoms with Crippen molar-refractivity contribution in [3.63, 3.8) is 0 Å². The van der Waals surface area contributed by atoms with E-state index in [4.69, 9.17) is 9.47 Å². The van der Waals surface area contributed by atoms with Crippen molar-refractivity contribution in [2.24, 2.45) is 0 Å². The maximum absolute atomic E-state index is 13.7. The molecule has 2 amide bonds. The van der Waals surface area contributed by atoms with Crippen LogP contribution in [0.3, 0.4) is 0 Å². The highest BCUT2D eigenvalue weighted by molar-refractivity contribution is 6.04. The Balaban J connectivity index is 1.62. The zero-order valence-corrected chi connectivity index (χ0v) is 17.0. The lowest BCUT2D eigenvalue weighted by Gasteiger charge is -2.16. The van der Waals surface area contributed by atoms with Gasteiger partial charge in [-0.1, -0.05) is 12.1 Å². The van der Waals surface area contributed by atoms with Crippen molar-refractivity contribution in [2.75, 3.05) is 30.5 Å². The Morgan fingerprint density at radius 1 is 1.12 bits per heavy atom. The molecular weight excluding hydrogens is 432 g/mol. The van der Waals surface area contributed by atoms with E-state index in [-0.39, 0.29) is 30.4 Å². The molecule has 32 heavy (non-hydrogen) atoms. The maximum atomic E-state index is 13.7. The number of amides is 2. The summed E-state index contributed by atoms with van der Waals surface area (Å²) in [6.45, 7) is 1.05. The number of rotatable bonds is 8. The summed E-state index contributed by atoms with van der Waals surface area (Å²) in [7, 11) is 0. The fourth-order valence-electron chi connectivity index (χ4n) is 3.18. The highest BCUT2D eigenvalue weighted by atomic mass is 19.4. The van der Waals surface area contributed by atoms with Crippen molar-refractivity contribution in [1.82, 2.24) is 0 Å². The van der Waals surface area contributed by atoms with Crippen LogP contribution in [-0.4, -0.2) is 37.7 Å². The van der Waals surface area contributed by atoms with Gasteiger partial charge < -0.3 is 20.1 Å². The third kappa shape index (κ3) is 6.51. The molecule has 6 nitrogen and oxygen atoms in total. The first-order valence-electron chi connectivity index (χ1n) is 10.0. The van der Waals surface area contributed by atoms with Crippen LogP contribution in [0.5, 0.6) is 0 Å². The fourth-order valence-corrected chi connectivity index (χ4v) is 3.18. The number of hydrogen-bond donors (Lipinski definition) is 2. The molecule has 2 aromatic rings. The van der Waals surface area contributed by atoms with Crippen LogP contribution in [0.2, 0.25) is 0 Å². The molecule has 172 valence electrons. The molecule has 10 heteroatoms. The molecule has 1 aliphatic heterocycles. The van der Waals surface area contributed by atoms with Crippen LogP contribution >= 0.6 is 0 Å². The van der Waals surface area contributed by atoms with Crippen molar-refractivity contribution in [3.05, 3.63) is 59.4 Å². The van der Waals surface area contributed by atoms with Gasteiger partial charge in [0.2, 0.25) is 5.91 Å². The van der Waals surface area contributed by atoms with Crippen molar-refractivity contribution in [2.45, 2.75) is 31.5 Å². The minimum Gasteiger partial charge on any atom is -0.378 e. The Morgan fingerprint density at radius 2 is 1.91 bits per heavy atom. The van der Waals surface area contributed by atoms with E-state index in [1.807, 2.05) is 0 Å². The number of hydrogen-bond acceptors (Lipinski definition) is 4. The van der Waals surface area contributed by atoms with Crippen molar-refractivity contribution >= 4 is 23.2 Å². The lowest BCUT2D eigenvalue weighted by atomic mass is 10.1. The highest BCUT2D eigenvalue weighted by Gasteiger charge is 2.34. The third-order valence-corrected chi connectivity index (χ3v) is 4.78. The Kier molecular flexibility index (Phi) is 7.81. The Labute approximate surface area is 181 Å². The second-order valence-corrected chi connectivity index (χ2v) is 7.20. The summed E-state index contributed by atoms with van der Waals surface area (Å²) in [6.07, 6.45) is -3.11. The predicted molar refractivity (Wildman–Crippen MR) is 109 cm³/mol. The first kappa shape index (κ1) is 23.7. The molecule has 1 atom stereocenters. The first-order chi connectivity index (χ1) is 15.2. The van der Waals surface area contributed by atoms with Gasteiger partial charge in [0.1, 0.15) is 5.82 Å². The monoisotopic (exact) mass is 454 g/mol. The number of nitrogens with one attached hydrogen (secondary N) is 2. The number of halogens is 4. The predicted octanol–water partition coefficient (Wildman–Crippen LogP) is 4.62. The van der Waals surface area contributed by atoms with Gasteiger partial charge in [-0.15, -0.1) is 0 Å². The summed E-state index contributed by atoms with van der Waals surface area (Å²) in [4.78, 5) is 24.2. The summed E-state index contributed by atoms with van der Waals surface area (Å²) in [5.74, 6) is -2.34. The van der Waals surface area contributed by atoms with Crippen molar-refractivity contribution in [3.8, 4) is 0 Å². The molecule has 3 rings (SSSR count). The topological polar surface area (TPSA) is 76.7 Å². The van der Waals surface area contributed by atoms with E-state index in [2.05, 4.69) is 10.6 Å². The zero-order valence-electron chi connectivity index (χ0n) is 17.0. The molecular formula is C22H22F4N2O4. The standard InChI is InChI=1S/C22H22F4N2O4/c23-18-6-2-1-5-16(18)21(30)27-14-7-8-19(17(12-14)22(24,25)26)28-20(29)9-11-31-13-15-4-3-10-32-15/h1-2,5-8,12,15H,3-4,9-11,13H2,(H,27,30)(H,28,29). The Hall–Kier alpha value is -2.98. The number of anilines is 2. The normalized spacial score (nSPS) is 16.1. The maximum Gasteiger partial charge on any atom is 0.418 e. The molecule has 0 aliphatic carbocycles. The molecule has 1 unspecified atom stereocenters. The van der Waals surface area contributed by atoms with E-state index in [1.54, 1.807) is 0 Å². The summed E-state index contributed by atoms with van der Waals surface area (Å²) in [6, 6.07) is 8.01. The zero-order chi connectivity index (χ0) is 23.1. The second-order valence-electron chi connectivity index (χ2n) is 7.20. The van der Waals surface area contributed by atoms with E-state index < -0.39 is 35.1 Å². The smallest absolute Gasteiger partial charge is 0.378 e. The van der Waals surface area contributed by atoms with Gasteiger partial charge in [-0.2, -0.15) is 13.2 Å². The van der Waals surface area contributed by atoms with Crippen LogP contribution in [0.25, 0.3) is 0 Å². The van der Waals surface area contributed by atoms with Gasteiger partial charge in [-0.3, -0.25) is 9.59 Å². The summed E-state index contributed by atoms with van der Waals surface area (Å²) < 4.78 is 65.0. The average molecular weight is 454 g/mol. The number of benzene rings is 2. The molecule has 1 fully saturated rings. The molecule has 2 aromatic carbocycles. The minimum atomic E-state index is -4.79. The van der Waals surface area contributed by atoms with Gasteiger partial charge in [0.05, 0.1) is 42.6 Å². The van der Waals surface area contributed by atoms with Crippen LogP contribution in [0.1, 0.15) is 35.2 Å². The van der Waals surface area contributed by atoms with E-state index in [0.717, 1.165) is 25.0 Å². The Bertz CT molecular complexity index is 959. The quantitative estimate of drug-likeness (QED) is 0.451. The summed E-state index contributed by atoms with van der Waals surface area (Å²) >= 11 is 0. The SMILES string of the molecule is O=C(CCOCC1CCCO1)Nc1ccc(NC(=O)c2ccccc2F)cc1C(F)(F)F. The van der Waals surface area contributed by atoms with E-state index in [0.29, 0.717) is 19.3 Å². The summed E-state index contributed by atoms with van der Waals surface area (Å²) in [5.41, 5.74) is -2.09. The van der Waals surface area contributed by atoms with Gasteiger partial charge >= 0.3 is 6.18 Å². The Morgan fingerprint density at radius 3 is 2.59 bits per heavy atom. The van der Waals surface area contributed by atoms with Crippen molar-refractivity contribution in [1.29, 1.82) is 0 Å². The van der Waals surface area contributed by atoms with Crippen molar-refractivity contribution < 1.29 is 36.6 Å². The van der Waals surface area contributed by atoms with Crippen LogP contribution in [-0.2, 0) is 20.4 Å². The molecule has 1 heterocycles. The van der Waals surface area contributed by atoms with E-state index in [1.165, 1.54) is 24.3 Å². The molecule has 1 saturated heterocycles. The van der Waals surface area contributed by atoms with Gasteiger partial charge in [-0.05, 0) is 43.2 Å². The third-order valence-electron chi connectivity index (χ3n) is 4.78. The van der Waals surface area contributed by atoms with Gasteiger partial charge in [-0.25, -0.2) is 4.39 Å². The van der Waals surface area contributed by atoms with Crippen LogP contribution in [0.15, 0.2) is 42.5 Å². The minimum absolute atomic E-state index is 0.0120. The van der Waals surface area contributed by atoms with Crippen LogP contribution in [0, 0.1) is 5.82 Å². The molecule has 0 aromatic heterocycles. The summed E-state index contributed by atoms with van der Waals surface area (Å²) in [5, 5.41) is 4.46. The molecule has 0 saturated carbocycles. The molecule has 1 aliphatic rings. The molecule has 0 spiro atoms. The number of ether oxygens (including phenoxy) is 2. The van der Waals surface area contributed by atoms with E-state index >= 15 is 0 Å². The van der Waals surface area contributed by atoms with Crippen LogP contribution in [0.4, 0.5) is 28.9 Å². The number of carbonyl (C=O) groups is 2.